The molecule has 0 saturated carbocycles. The minimum atomic E-state index is -1.66. The standard InChI is InChI=1S/C18H25N3OSi/c1-13-11-20-17(12-19-13)15(3)21-14(2)16-9-7-8-10-18(16)22-23(4,5)6/h7-12,14H,1-6H3. The topological polar surface area (TPSA) is 47.4 Å². The normalized spacial score (nSPS) is 13.7. The van der Waals surface area contributed by atoms with Gasteiger partial charge in [-0.1, -0.05) is 18.2 Å². The Morgan fingerprint density at radius 2 is 1.83 bits per heavy atom. The predicted octanol–water partition coefficient (Wildman–Crippen LogP) is 4.57. The molecule has 23 heavy (non-hydrogen) atoms. The second-order valence-electron chi connectivity index (χ2n) is 6.69. The van der Waals surface area contributed by atoms with Gasteiger partial charge in [-0.25, -0.2) is 0 Å². The molecule has 1 aromatic carbocycles. The van der Waals surface area contributed by atoms with Crippen LogP contribution in [0.3, 0.4) is 0 Å². The molecule has 0 amide bonds. The Morgan fingerprint density at radius 3 is 2.43 bits per heavy atom. The van der Waals surface area contributed by atoms with Gasteiger partial charge in [-0.2, -0.15) is 0 Å². The molecule has 5 heteroatoms. The molecule has 1 aromatic heterocycles. The summed E-state index contributed by atoms with van der Waals surface area (Å²) in [5.41, 5.74) is 3.71. The Balaban J connectivity index is 2.28. The van der Waals surface area contributed by atoms with Gasteiger partial charge in [0.2, 0.25) is 8.32 Å². The van der Waals surface area contributed by atoms with Crippen LogP contribution in [-0.2, 0) is 0 Å². The molecule has 0 bridgehead atoms. The van der Waals surface area contributed by atoms with Gasteiger partial charge < -0.3 is 4.43 Å². The largest absolute Gasteiger partial charge is 0.544 e. The highest BCUT2D eigenvalue weighted by atomic mass is 28.4. The van der Waals surface area contributed by atoms with Crippen LogP contribution in [0.2, 0.25) is 19.6 Å². The van der Waals surface area contributed by atoms with Gasteiger partial charge in [-0.05, 0) is 46.5 Å². The molecule has 0 saturated heterocycles. The van der Waals surface area contributed by atoms with Crippen LogP contribution >= 0.6 is 0 Å². The van der Waals surface area contributed by atoms with Gasteiger partial charge >= 0.3 is 0 Å². The molecule has 0 fully saturated rings. The fraction of sp³-hybridized carbons (Fsp3) is 0.389. The van der Waals surface area contributed by atoms with Gasteiger partial charge in [0.1, 0.15) is 11.4 Å². The number of benzene rings is 1. The second kappa shape index (κ2) is 7.04. The lowest BCUT2D eigenvalue weighted by atomic mass is 10.1. The smallest absolute Gasteiger partial charge is 0.242 e. The fourth-order valence-corrected chi connectivity index (χ4v) is 3.10. The maximum absolute atomic E-state index is 6.20. The maximum atomic E-state index is 6.20. The maximum Gasteiger partial charge on any atom is 0.242 e. The average Bonchev–Trinajstić information content (AvgIpc) is 2.46. The first-order valence-corrected chi connectivity index (χ1v) is 11.3. The molecule has 122 valence electrons. The van der Waals surface area contributed by atoms with Crippen LogP contribution in [-0.4, -0.2) is 24.0 Å². The summed E-state index contributed by atoms with van der Waals surface area (Å²) in [4.78, 5) is 13.5. The van der Waals surface area contributed by atoms with E-state index in [9.17, 15) is 0 Å². The zero-order valence-electron chi connectivity index (χ0n) is 14.8. The average molecular weight is 328 g/mol. The summed E-state index contributed by atoms with van der Waals surface area (Å²) >= 11 is 0. The predicted molar refractivity (Wildman–Crippen MR) is 97.8 cm³/mol. The van der Waals surface area contributed by atoms with E-state index in [1.165, 1.54) is 0 Å². The molecule has 1 unspecified atom stereocenters. The van der Waals surface area contributed by atoms with E-state index < -0.39 is 8.32 Å². The van der Waals surface area contributed by atoms with E-state index in [1.807, 2.05) is 32.0 Å². The van der Waals surface area contributed by atoms with Crippen LogP contribution in [0, 0.1) is 6.92 Å². The molecule has 2 aromatic rings. The van der Waals surface area contributed by atoms with Crippen LogP contribution in [0.1, 0.15) is 36.8 Å². The Hall–Kier alpha value is -2.01. The molecular weight excluding hydrogens is 302 g/mol. The summed E-state index contributed by atoms with van der Waals surface area (Å²) in [5.74, 6) is 0.936. The highest BCUT2D eigenvalue weighted by Gasteiger charge is 2.19. The molecule has 0 spiro atoms. The zero-order chi connectivity index (χ0) is 17.0. The summed E-state index contributed by atoms with van der Waals surface area (Å²) in [6.45, 7) is 12.5. The molecule has 1 heterocycles. The van der Waals surface area contributed by atoms with Crippen LogP contribution in [0.25, 0.3) is 0 Å². The Kier molecular flexibility index (Phi) is 5.31. The van der Waals surface area contributed by atoms with Gasteiger partial charge in [0.15, 0.2) is 0 Å². The first kappa shape index (κ1) is 17.3. The van der Waals surface area contributed by atoms with E-state index in [1.54, 1.807) is 12.4 Å². The number of aromatic nitrogens is 2. The Bertz CT molecular complexity index is 690. The van der Waals surface area contributed by atoms with Gasteiger partial charge in [-0.3, -0.25) is 15.0 Å². The highest BCUT2D eigenvalue weighted by Crippen LogP contribution is 2.29. The van der Waals surface area contributed by atoms with Crippen molar-refractivity contribution >= 4 is 14.0 Å². The van der Waals surface area contributed by atoms with Crippen molar-refractivity contribution in [2.24, 2.45) is 4.99 Å². The van der Waals surface area contributed by atoms with Crippen molar-refractivity contribution in [1.82, 2.24) is 9.97 Å². The lowest BCUT2D eigenvalue weighted by molar-refractivity contribution is 0.543. The molecule has 1 atom stereocenters. The monoisotopic (exact) mass is 327 g/mol. The van der Waals surface area contributed by atoms with Crippen molar-refractivity contribution in [3.8, 4) is 5.75 Å². The second-order valence-corrected chi connectivity index (χ2v) is 11.1. The first-order chi connectivity index (χ1) is 10.8. The van der Waals surface area contributed by atoms with E-state index >= 15 is 0 Å². The molecule has 0 radical (unpaired) electrons. The molecule has 0 aliphatic rings. The van der Waals surface area contributed by atoms with Gasteiger partial charge in [0, 0.05) is 11.8 Å². The highest BCUT2D eigenvalue weighted by molar-refractivity contribution is 6.70. The lowest BCUT2D eigenvalue weighted by Crippen LogP contribution is -2.29. The third-order valence-corrected chi connectivity index (χ3v) is 4.16. The Labute approximate surface area is 139 Å². The summed E-state index contributed by atoms with van der Waals surface area (Å²) < 4.78 is 6.20. The van der Waals surface area contributed by atoms with Gasteiger partial charge in [0.25, 0.3) is 0 Å². The number of para-hydroxylation sites is 1. The van der Waals surface area contributed by atoms with Crippen molar-refractivity contribution in [3.63, 3.8) is 0 Å². The number of rotatable bonds is 5. The Morgan fingerprint density at radius 1 is 1.13 bits per heavy atom. The molecule has 0 aliphatic carbocycles. The third kappa shape index (κ3) is 4.99. The zero-order valence-corrected chi connectivity index (χ0v) is 15.8. The minimum Gasteiger partial charge on any atom is -0.544 e. The molecule has 2 rings (SSSR count). The van der Waals surface area contributed by atoms with Crippen molar-refractivity contribution in [3.05, 3.63) is 53.6 Å². The molecule has 0 aliphatic heterocycles. The van der Waals surface area contributed by atoms with E-state index in [2.05, 4.69) is 42.6 Å². The van der Waals surface area contributed by atoms with Gasteiger partial charge in [0.05, 0.1) is 23.6 Å². The fourth-order valence-electron chi connectivity index (χ4n) is 2.25. The van der Waals surface area contributed by atoms with Crippen molar-refractivity contribution in [1.29, 1.82) is 0 Å². The summed E-state index contributed by atoms with van der Waals surface area (Å²) in [5, 5.41) is 0. The van der Waals surface area contributed by atoms with Crippen LogP contribution in [0.4, 0.5) is 0 Å². The minimum absolute atomic E-state index is 0.00523. The van der Waals surface area contributed by atoms with E-state index in [-0.39, 0.29) is 6.04 Å². The summed E-state index contributed by atoms with van der Waals surface area (Å²) in [7, 11) is -1.66. The summed E-state index contributed by atoms with van der Waals surface area (Å²) in [6.07, 6.45) is 3.53. The molecular formula is C18H25N3OSi. The van der Waals surface area contributed by atoms with Crippen LogP contribution in [0.5, 0.6) is 5.75 Å². The quantitative estimate of drug-likeness (QED) is 0.597. The van der Waals surface area contributed by atoms with Crippen LogP contribution < -0.4 is 4.43 Å². The van der Waals surface area contributed by atoms with Crippen LogP contribution in [0.15, 0.2) is 41.7 Å². The number of hydrogen-bond donors (Lipinski definition) is 0. The lowest BCUT2D eigenvalue weighted by Gasteiger charge is -2.23. The summed E-state index contributed by atoms with van der Waals surface area (Å²) in [6, 6.07) is 8.15. The van der Waals surface area contributed by atoms with Gasteiger partial charge in [-0.15, -0.1) is 0 Å². The molecule has 4 nitrogen and oxygen atoms in total. The van der Waals surface area contributed by atoms with Crippen molar-refractivity contribution in [2.75, 3.05) is 0 Å². The van der Waals surface area contributed by atoms with E-state index in [4.69, 9.17) is 9.42 Å². The number of aryl methyl sites for hydroxylation is 1. The number of hydrogen-bond acceptors (Lipinski definition) is 4. The SMILES string of the molecule is CC(=NC(C)c1ccccc1O[Si](C)(C)C)c1cnc(C)cn1. The molecule has 0 N–H and O–H groups in total. The number of aliphatic imine (C=N–C) groups is 1. The third-order valence-electron chi connectivity index (χ3n) is 3.32. The van der Waals surface area contributed by atoms with E-state index in [0.29, 0.717) is 0 Å². The van der Waals surface area contributed by atoms with Crippen molar-refractivity contribution < 1.29 is 4.43 Å². The van der Waals surface area contributed by atoms with Crippen molar-refractivity contribution in [2.45, 2.75) is 46.5 Å². The first-order valence-electron chi connectivity index (χ1n) is 7.87. The number of nitrogens with zero attached hydrogens (tertiary/aromatic N) is 3. The van der Waals surface area contributed by atoms with E-state index in [0.717, 1.165) is 28.4 Å².